The second kappa shape index (κ2) is 3.34. The lowest BCUT2D eigenvalue weighted by Gasteiger charge is -2.37. The van der Waals surface area contributed by atoms with Crippen LogP contribution in [0.1, 0.15) is 45.0 Å². The number of hydrogen-bond donors (Lipinski definition) is 0. The van der Waals surface area contributed by atoms with Gasteiger partial charge < -0.3 is 0 Å². The van der Waals surface area contributed by atoms with Gasteiger partial charge in [0.2, 0.25) is 0 Å². The fourth-order valence-corrected chi connectivity index (χ4v) is 2.42. The zero-order chi connectivity index (χ0) is 11.2. The average Bonchev–Trinajstić information content (AvgIpc) is 2.46. The molecule has 1 aromatic rings. The van der Waals surface area contributed by atoms with Gasteiger partial charge in [-0.1, -0.05) is 13.8 Å². The Bertz CT molecular complexity index is 363. The number of hydrogen-bond acceptors (Lipinski definition) is 2. The van der Waals surface area contributed by atoms with Crippen molar-refractivity contribution in [2.45, 2.75) is 45.7 Å². The minimum Gasteiger partial charge on any atom is -0.298 e. The Morgan fingerprint density at radius 1 is 1.40 bits per heavy atom. The van der Waals surface area contributed by atoms with Gasteiger partial charge in [0.15, 0.2) is 0 Å². The maximum Gasteiger partial charge on any atom is 0.0701 e. The molecular formula is C12H21N3. The molecule has 3 nitrogen and oxygen atoms in total. The van der Waals surface area contributed by atoms with Crippen LogP contribution in [-0.2, 0) is 12.1 Å². The highest BCUT2D eigenvalue weighted by atomic mass is 15.4. The Balaban J connectivity index is 2.44. The molecular weight excluding hydrogens is 186 g/mol. The third-order valence-electron chi connectivity index (χ3n) is 3.06. The first-order valence-corrected chi connectivity index (χ1v) is 5.68. The van der Waals surface area contributed by atoms with E-state index in [1.165, 1.54) is 11.4 Å². The third kappa shape index (κ3) is 1.81. The molecule has 0 amide bonds. The van der Waals surface area contributed by atoms with Gasteiger partial charge in [-0.2, -0.15) is 5.10 Å². The minimum atomic E-state index is 0.121. The Morgan fingerprint density at radius 3 is 2.67 bits per heavy atom. The number of rotatable bonds is 1. The van der Waals surface area contributed by atoms with E-state index in [0.717, 1.165) is 13.1 Å². The van der Waals surface area contributed by atoms with E-state index in [1.54, 1.807) is 0 Å². The van der Waals surface area contributed by atoms with Crippen LogP contribution in [0, 0.1) is 0 Å². The van der Waals surface area contributed by atoms with Gasteiger partial charge in [0.1, 0.15) is 0 Å². The molecule has 2 rings (SSSR count). The first-order chi connectivity index (χ1) is 6.90. The average molecular weight is 207 g/mol. The predicted molar refractivity (Wildman–Crippen MR) is 62.0 cm³/mol. The molecule has 0 unspecified atom stereocenters. The highest BCUT2D eigenvalue weighted by Gasteiger charge is 2.31. The highest BCUT2D eigenvalue weighted by Crippen LogP contribution is 2.27. The molecule has 2 heterocycles. The molecule has 1 aliphatic heterocycles. The predicted octanol–water partition coefficient (Wildman–Crippen LogP) is 2.19. The van der Waals surface area contributed by atoms with Crippen LogP contribution in [0.15, 0.2) is 6.07 Å². The molecule has 0 N–H and O–H groups in total. The lowest BCUT2D eigenvalue weighted by atomic mass is 10.0. The fourth-order valence-electron chi connectivity index (χ4n) is 2.42. The lowest BCUT2D eigenvalue weighted by Crippen LogP contribution is -2.45. The van der Waals surface area contributed by atoms with Crippen molar-refractivity contribution >= 4 is 0 Å². The highest BCUT2D eigenvalue weighted by molar-refractivity contribution is 5.17. The normalized spacial score (nSPS) is 20.7. The maximum absolute atomic E-state index is 4.73. The van der Waals surface area contributed by atoms with Crippen molar-refractivity contribution in [2.75, 3.05) is 13.6 Å². The lowest BCUT2D eigenvalue weighted by molar-refractivity contribution is 0.145. The van der Waals surface area contributed by atoms with E-state index in [1.807, 2.05) is 0 Å². The van der Waals surface area contributed by atoms with E-state index < -0.39 is 0 Å². The van der Waals surface area contributed by atoms with E-state index >= 15 is 0 Å². The molecule has 1 aliphatic rings. The fraction of sp³-hybridized carbons (Fsp3) is 0.750. The topological polar surface area (TPSA) is 21.1 Å². The summed E-state index contributed by atoms with van der Waals surface area (Å²) in [4.78, 5) is 2.36. The van der Waals surface area contributed by atoms with Gasteiger partial charge in [-0.15, -0.1) is 0 Å². The number of nitrogens with zero attached hydrogens (tertiary/aromatic N) is 3. The first kappa shape index (κ1) is 10.7. The quantitative estimate of drug-likeness (QED) is 0.704. The van der Waals surface area contributed by atoms with Gasteiger partial charge in [-0.05, 0) is 32.9 Å². The summed E-state index contributed by atoms with van der Waals surface area (Å²) >= 11 is 0. The first-order valence-electron chi connectivity index (χ1n) is 5.68. The van der Waals surface area contributed by atoms with Gasteiger partial charge in [-0.3, -0.25) is 9.58 Å². The van der Waals surface area contributed by atoms with Crippen LogP contribution in [0.2, 0.25) is 0 Å². The summed E-state index contributed by atoms with van der Waals surface area (Å²) in [5.41, 5.74) is 2.68. The summed E-state index contributed by atoms with van der Waals surface area (Å²) < 4.78 is 2.21. The summed E-state index contributed by atoms with van der Waals surface area (Å²) in [7, 11) is 2.17. The van der Waals surface area contributed by atoms with Gasteiger partial charge >= 0.3 is 0 Å². The minimum absolute atomic E-state index is 0.121. The molecule has 0 radical (unpaired) electrons. The monoisotopic (exact) mass is 207 g/mol. The van der Waals surface area contributed by atoms with Crippen LogP contribution in [0.4, 0.5) is 0 Å². The zero-order valence-corrected chi connectivity index (χ0v) is 10.4. The zero-order valence-electron chi connectivity index (χ0n) is 10.4. The summed E-state index contributed by atoms with van der Waals surface area (Å²) in [6, 6.07) is 2.25. The molecule has 0 saturated heterocycles. The van der Waals surface area contributed by atoms with Crippen molar-refractivity contribution in [2.24, 2.45) is 0 Å². The molecule has 3 heteroatoms. The Hall–Kier alpha value is -0.830. The number of fused-ring (bicyclic) bond motifs is 1. The Labute approximate surface area is 92.1 Å². The molecule has 0 saturated carbocycles. The largest absolute Gasteiger partial charge is 0.298 e. The van der Waals surface area contributed by atoms with Crippen molar-refractivity contribution < 1.29 is 0 Å². The van der Waals surface area contributed by atoms with Crippen LogP contribution in [-0.4, -0.2) is 28.3 Å². The SMILES string of the molecule is CC(C)c1cc2n(n1)C(C)(C)CN(C)C2. The van der Waals surface area contributed by atoms with Gasteiger partial charge in [0.05, 0.1) is 16.9 Å². The molecule has 84 valence electrons. The van der Waals surface area contributed by atoms with Crippen LogP contribution in [0.5, 0.6) is 0 Å². The van der Waals surface area contributed by atoms with E-state index in [0.29, 0.717) is 5.92 Å². The second-order valence-corrected chi connectivity index (χ2v) is 5.61. The van der Waals surface area contributed by atoms with Crippen molar-refractivity contribution in [1.82, 2.24) is 14.7 Å². The van der Waals surface area contributed by atoms with Gasteiger partial charge in [0.25, 0.3) is 0 Å². The standard InChI is InChI=1S/C12H21N3/c1-9(2)11-6-10-7-14(5)8-12(3,4)15(10)13-11/h6,9H,7-8H2,1-5H3. The summed E-state index contributed by atoms with van der Waals surface area (Å²) in [5.74, 6) is 0.518. The van der Waals surface area contributed by atoms with Crippen molar-refractivity contribution in [3.63, 3.8) is 0 Å². The molecule has 0 spiro atoms. The Kier molecular flexibility index (Phi) is 2.38. The van der Waals surface area contributed by atoms with Gasteiger partial charge in [-0.25, -0.2) is 0 Å². The Morgan fingerprint density at radius 2 is 2.07 bits per heavy atom. The third-order valence-corrected chi connectivity index (χ3v) is 3.06. The maximum atomic E-state index is 4.73. The summed E-state index contributed by atoms with van der Waals surface area (Å²) in [5, 5.41) is 4.73. The molecule has 15 heavy (non-hydrogen) atoms. The number of aromatic nitrogens is 2. The molecule has 0 fully saturated rings. The van der Waals surface area contributed by atoms with E-state index in [2.05, 4.69) is 50.4 Å². The summed E-state index contributed by atoms with van der Waals surface area (Å²) in [6.45, 7) is 11.0. The molecule has 0 aliphatic carbocycles. The second-order valence-electron chi connectivity index (χ2n) is 5.61. The summed E-state index contributed by atoms with van der Waals surface area (Å²) in [6.07, 6.45) is 0. The van der Waals surface area contributed by atoms with E-state index in [9.17, 15) is 0 Å². The molecule has 0 bridgehead atoms. The van der Waals surface area contributed by atoms with Crippen LogP contribution >= 0.6 is 0 Å². The molecule has 1 aromatic heterocycles. The smallest absolute Gasteiger partial charge is 0.0701 e. The molecule has 0 aromatic carbocycles. The van der Waals surface area contributed by atoms with E-state index in [4.69, 9.17) is 5.10 Å². The molecule has 0 atom stereocenters. The number of likely N-dealkylation sites (N-methyl/N-ethyl adjacent to an activating group) is 1. The van der Waals surface area contributed by atoms with Crippen molar-refractivity contribution in [3.05, 3.63) is 17.5 Å². The van der Waals surface area contributed by atoms with E-state index in [-0.39, 0.29) is 5.54 Å². The van der Waals surface area contributed by atoms with Crippen LogP contribution in [0.3, 0.4) is 0 Å². The van der Waals surface area contributed by atoms with Crippen molar-refractivity contribution in [3.8, 4) is 0 Å². The van der Waals surface area contributed by atoms with Crippen molar-refractivity contribution in [1.29, 1.82) is 0 Å². The van der Waals surface area contributed by atoms with Gasteiger partial charge in [0, 0.05) is 13.1 Å². The van der Waals surface area contributed by atoms with Crippen LogP contribution in [0.25, 0.3) is 0 Å². The van der Waals surface area contributed by atoms with Crippen LogP contribution < -0.4 is 0 Å².